The Morgan fingerprint density at radius 3 is 2.54 bits per heavy atom. The molecule has 0 radical (unpaired) electrons. The molecule has 0 spiro atoms. The van der Waals surface area contributed by atoms with Crippen LogP contribution in [0.2, 0.25) is 0 Å². The summed E-state index contributed by atoms with van der Waals surface area (Å²) in [4.78, 5) is 28.7. The van der Waals surface area contributed by atoms with Crippen LogP contribution in [0.3, 0.4) is 0 Å². The Labute approximate surface area is 74.8 Å². The fourth-order valence-electron chi connectivity index (χ4n) is 0.501. The zero-order valence-corrected chi connectivity index (χ0v) is 7.89. The van der Waals surface area contributed by atoms with Crippen LogP contribution < -0.4 is 0 Å². The Bertz CT molecular complexity index is 269. The van der Waals surface area contributed by atoms with Gasteiger partial charge < -0.3 is 9.79 Å². The van der Waals surface area contributed by atoms with Crippen LogP contribution in [0.4, 0.5) is 0 Å². The van der Waals surface area contributed by atoms with E-state index in [9.17, 15) is 4.79 Å². The minimum Gasteiger partial charge on any atom is -0.326 e. The Hall–Kier alpha value is -1.04. The van der Waals surface area contributed by atoms with Crippen molar-refractivity contribution in [1.82, 2.24) is 15.2 Å². The number of aromatic nitrogens is 3. The number of carbonyl (C=O) groups excluding carboxylic acids is 1. The fourth-order valence-corrected chi connectivity index (χ4v) is 0.501. The summed E-state index contributed by atoms with van der Waals surface area (Å²) in [5.41, 5.74) is 0. The predicted octanol–water partition coefficient (Wildman–Crippen LogP) is -0.242. The molecule has 0 unspecified atom stereocenters. The van der Waals surface area contributed by atoms with Crippen LogP contribution in [0.25, 0.3) is 0 Å². The van der Waals surface area contributed by atoms with Crippen LogP contribution in [0.15, 0.2) is 6.33 Å². The van der Waals surface area contributed by atoms with Gasteiger partial charge in [0.05, 0.1) is 0 Å². The van der Waals surface area contributed by atoms with Crippen LogP contribution in [0, 0.1) is 0 Å². The number of hydrogen-bond donors (Lipinski definition) is 3. The van der Waals surface area contributed by atoms with Crippen molar-refractivity contribution >= 4 is 14.0 Å². The molecule has 0 bridgehead atoms. The van der Waals surface area contributed by atoms with Gasteiger partial charge in [-0.25, -0.2) is 4.98 Å². The first-order chi connectivity index (χ1) is 6.07. The summed E-state index contributed by atoms with van der Waals surface area (Å²) in [6.45, 7) is 1.78. The lowest BCUT2D eigenvalue weighted by atomic mass is 10.3. The lowest BCUT2D eigenvalue weighted by Crippen LogP contribution is -1.98. The molecule has 3 N–H and O–H groups in total. The molecule has 0 aliphatic carbocycles. The molecule has 0 atom stereocenters. The number of rotatable bonds is 2. The number of carbonyl (C=O) groups is 1. The van der Waals surface area contributed by atoms with Crippen LogP contribution in [0.1, 0.15) is 24.0 Å². The zero-order chi connectivity index (χ0) is 10.3. The SMILES string of the molecule is CCC(=O)c1nc[nH]n1.O=[PH](O)O. The number of H-pyrrole nitrogens is 1. The minimum absolute atomic E-state index is 0.0312. The Morgan fingerprint density at radius 2 is 2.23 bits per heavy atom. The number of nitrogens with one attached hydrogen (secondary N) is 1. The van der Waals surface area contributed by atoms with Gasteiger partial charge in [-0.15, -0.1) is 0 Å². The van der Waals surface area contributed by atoms with E-state index in [1.807, 2.05) is 0 Å². The zero-order valence-electron chi connectivity index (χ0n) is 6.89. The van der Waals surface area contributed by atoms with Crippen molar-refractivity contribution in [2.75, 3.05) is 0 Å². The van der Waals surface area contributed by atoms with Crippen LogP contribution in [-0.4, -0.2) is 30.8 Å². The van der Waals surface area contributed by atoms with E-state index in [1.165, 1.54) is 6.33 Å². The standard InChI is InChI=1S/C5H7N3O.H3O3P/c1-2-4(9)5-6-3-7-8-5;1-4(2)3/h3H,2H2,1H3,(H,6,7,8);4H,(H2,1,2,3). The van der Waals surface area contributed by atoms with E-state index >= 15 is 0 Å². The van der Waals surface area contributed by atoms with E-state index in [2.05, 4.69) is 15.2 Å². The van der Waals surface area contributed by atoms with Gasteiger partial charge in [0.1, 0.15) is 6.33 Å². The third-order valence-corrected chi connectivity index (χ3v) is 0.986. The van der Waals surface area contributed by atoms with Crippen molar-refractivity contribution in [3.63, 3.8) is 0 Å². The Kier molecular flexibility index (Phi) is 5.96. The molecule has 1 rings (SSSR count). The third kappa shape index (κ3) is 6.15. The lowest BCUT2D eigenvalue weighted by molar-refractivity contribution is 0.0978. The van der Waals surface area contributed by atoms with E-state index in [0.717, 1.165) is 0 Å². The highest BCUT2D eigenvalue weighted by atomic mass is 31.1. The van der Waals surface area contributed by atoms with Gasteiger partial charge in [0, 0.05) is 6.42 Å². The van der Waals surface area contributed by atoms with Gasteiger partial charge in [-0.2, -0.15) is 5.10 Å². The normalized spacial score (nSPS) is 9.23. The Morgan fingerprint density at radius 1 is 1.69 bits per heavy atom. The maximum Gasteiger partial charge on any atom is 0.314 e. The lowest BCUT2D eigenvalue weighted by Gasteiger charge is -1.83. The third-order valence-electron chi connectivity index (χ3n) is 0.986. The van der Waals surface area contributed by atoms with Crippen molar-refractivity contribution in [2.45, 2.75) is 13.3 Å². The average molecular weight is 207 g/mol. The summed E-state index contributed by atoms with van der Waals surface area (Å²) in [7, 11) is -3.13. The van der Waals surface area contributed by atoms with Crippen molar-refractivity contribution in [3.8, 4) is 0 Å². The van der Waals surface area contributed by atoms with E-state index < -0.39 is 8.25 Å². The smallest absolute Gasteiger partial charge is 0.314 e. The molecule has 0 aromatic carbocycles. The van der Waals surface area contributed by atoms with E-state index in [4.69, 9.17) is 14.4 Å². The largest absolute Gasteiger partial charge is 0.326 e. The van der Waals surface area contributed by atoms with Crippen molar-refractivity contribution in [1.29, 1.82) is 0 Å². The highest BCUT2D eigenvalue weighted by Crippen LogP contribution is 1.98. The van der Waals surface area contributed by atoms with E-state index in [-0.39, 0.29) is 11.6 Å². The summed E-state index contributed by atoms with van der Waals surface area (Å²) < 4.78 is 8.74. The molecule has 0 fully saturated rings. The molecule has 0 aliphatic rings. The fraction of sp³-hybridized carbons (Fsp3) is 0.400. The number of aromatic amines is 1. The molecule has 7 nitrogen and oxygen atoms in total. The number of nitrogens with zero attached hydrogens (tertiary/aromatic N) is 2. The highest BCUT2D eigenvalue weighted by molar-refractivity contribution is 7.30. The summed E-state index contributed by atoms with van der Waals surface area (Å²) in [5.74, 6) is 0.244. The molecule has 0 saturated carbocycles. The van der Waals surface area contributed by atoms with E-state index in [1.54, 1.807) is 6.92 Å². The van der Waals surface area contributed by atoms with Gasteiger partial charge in [0.25, 0.3) is 0 Å². The van der Waals surface area contributed by atoms with Gasteiger partial charge in [-0.05, 0) is 0 Å². The van der Waals surface area contributed by atoms with Crippen molar-refractivity contribution in [3.05, 3.63) is 12.2 Å². The van der Waals surface area contributed by atoms with Crippen molar-refractivity contribution < 1.29 is 19.1 Å². The molecule has 0 aliphatic heterocycles. The quantitative estimate of drug-likeness (QED) is 0.455. The molecule has 8 heteroatoms. The molecule has 13 heavy (non-hydrogen) atoms. The van der Waals surface area contributed by atoms with Crippen molar-refractivity contribution in [2.24, 2.45) is 0 Å². The maximum atomic E-state index is 10.7. The first kappa shape index (κ1) is 12.0. The van der Waals surface area contributed by atoms with Gasteiger partial charge >= 0.3 is 8.25 Å². The molecule has 74 valence electrons. The Balaban J connectivity index is 0.000000310. The van der Waals surface area contributed by atoms with Gasteiger partial charge in [-0.3, -0.25) is 14.5 Å². The monoisotopic (exact) mass is 207 g/mol. The maximum absolute atomic E-state index is 10.7. The van der Waals surface area contributed by atoms with Crippen LogP contribution in [0.5, 0.6) is 0 Å². The topological polar surface area (TPSA) is 116 Å². The molecule has 1 aromatic rings. The van der Waals surface area contributed by atoms with Crippen LogP contribution in [-0.2, 0) is 4.57 Å². The summed E-state index contributed by atoms with van der Waals surface area (Å²) in [6, 6.07) is 0. The highest BCUT2D eigenvalue weighted by Gasteiger charge is 2.04. The number of hydrogen-bond acceptors (Lipinski definition) is 4. The number of Topliss-reactive ketones (excluding diaryl/α,β-unsaturated/α-hetero) is 1. The first-order valence-corrected chi connectivity index (χ1v) is 4.69. The number of ketones is 1. The van der Waals surface area contributed by atoms with E-state index in [0.29, 0.717) is 6.42 Å². The van der Waals surface area contributed by atoms with Gasteiger partial charge in [-0.1, -0.05) is 6.92 Å². The molecular weight excluding hydrogens is 197 g/mol. The molecule has 0 amide bonds. The molecule has 1 heterocycles. The second kappa shape index (κ2) is 6.47. The molecule has 0 saturated heterocycles. The first-order valence-electron chi connectivity index (χ1n) is 3.38. The minimum atomic E-state index is -3.13. The van der Waals surface area contributed by atoms with Gasteiger partial charge in [0.15, 0.2) is 0 Å². The van der Waals surface area contributed by atoms with Gasteiger partial charge in [0.2, 0.25) is 11.6 Å². The summed E-state index contributed by atoms with van der Waals surface area (Å²) in [5, 5.41) is 6.06. The average Bonchev–Trinajstić information content (AvgIpc) is 2.54. The molecule has 1 aromatic heterocycles. The summed E-state index contributed by atoms with van der Waals surface area (Å²) >= 11 is 0. The molecular formula is C5H10N3O4P. The summed E-state index contributed by atoms with van der Waals surface area (Å²) in [6.07, 6.45) is 1.85. The second-order valence-electron chi connectivity index (χ2n) is 1.88. The predicted molar refractivity (Wildman–Crippen MR) is 44.4 cm³/mol. The second-order valence-corrected chi connectivity index (χ2v) is 2.45. The van der Waals surface area contributed by atoms with Crippen LogP contribution >= 0.6 is 8.25 Å².